The number of carbonyl (C=O) groups excluding carboxylic acids is 1. The topological polar surface area (TPSA) is 150 Å². The summed E-state index contributed by atoms with van der Waals surface area (Å²) in [5, 5.41) is 16.0. The van der Waals surface area contributed by atoms with Gasteiger partial charge in [0.25, 0.3) is 10.0 Å². The number of sulfonamides is 1. The van der Waals surface area contributed by atoms with Crippen LogP contribution >= 0.6 is 0 Å². The van der Waals surface area contributed by atoms with E-state index in [1.807, 2.05) is 4.72 Å². The van der Waals surface area contributed by atoms with E-state index < -0.39 is 39.0 Å². The van der Waals surface area contributed by atoms with Gasteiger partial charge in [-0.1, -0.05) is 0 Å². The molecule has 0 atom stereocenters. The Morgan fingerprint density at radius 2 is 2.20 bits per heavy atom. The standard InChI is InChI=1S/C9H14N4O6S/c1-19-3-2-10-7(14)5-12-20(17,18)8-6(9(15)16)4-11-13-8/h4,12H,2-3,5H2,1H3,(H,10,14)(H,11,13)(H,15,16). The normalized spacial score (nSPS) is 11.2. The lowest BCUT2D eigenvalue weighted by Crippen LogP contribution is -2.38. The third-order valence-corrected chi connectivity index (χ3v) is 3.53. The molecule has 0 radical (unpaired) electrons. The van der Waals surface area contributed by atoms with Crippen LogP contribution in [0.3, 0.4) is 0 Å². The average molecular weight is 306 g/mol. The number of aromatic carboxylic acids is 1. The van der Waals surface area contributed by atoms with E-state index >= 15 is 0 Å². The van der Waals surface area contributed by atoms with Crippen LogP contribution in [0, 0.1) is 0 Å². The average Bonchev–Trinajstić information content (AvgIpc) is 2.87. The molecular formula is C9H14N4O6S. The quantitative estimate of drug-likeness (QED) is 0.411. The van der Waals surface area contributed by atoms with Gasteiger partial charge in [-0.25, -0.2) is 17.9 Å². The summed E-state index contributed by atoms with van der Waals surface area (Å²) in [7, 11) is -2.70. The molecule has 1 amide bonds. The molecule has 1 aromatic rings. The van der Waals surface area contributed by atoms with Gasteiger partial charge in [0.15, 0.2) is 5.03 Å². The Morgan fingerprint density at radius 1 is 1.50 bits per heavy atom. The van der Waals surface area contributed by atoms with Crippen LogP contribution in [-0.4, -0.2) is 62.4 Å². The molecule has 0 aliphatic heterocycles. The van der Waals surface area contributed by atoms with Crippen molar-refractivity contribution in [1.82, 2.24) is 20.2 Å². The van der Waals surface area contributed by atoms with Crippen LogP contribution in [0.4, 0.5) is 0 Å². The highest BCUT2D eigenvalue weighted by molar-refractivity contribution is 7.89. The third kappa shape index (κ3) is 4.29. The summed E-state index contributed by atoms with van der Waals surface area (Å²) in [6.07, 6.45) is 0.871. The Kier molecular flexibility index (Phi) is 5.61. The minimum Gasteiger partial charge on any atom is -0.478 e. The first-order valence-corrected chi connectivity index (χ1v) is 6.88. The molecule has 10 nitrogen and oxygen atoms in total. The molecule has 0 saturated heterocycles. The zero-order chi connectivity index (χ0) is 15.2. The van der Waals surface area contributed by atoms with Gasteiger partial charge in [-0.15, -0.1) is 0 Å². The first-order valence-electron chi connectivity index (χ1n) is 5.40. The predicted octanol–water partition coefficient (Wildman–Crippen LogP) is -1.85. The fourth-order valence-corrected chi connectivity index (χ4v) is 2.29. The molecule has 11 heteroatoms. The molecule has 0 fully saturated rings. The van der Waals surface area contributed by atoms with Crippen molar-refractivity contribution in [1.29, 1.82) is 0 Å². The molecule has 1 aromatic heterocycles. The molecule has 0 spiro atoms. The predicted molar refractivity (Wildman–Crippen MR) is 65.6 cm³/mol. The van der Waals surface area contributed by atoms with Crippen LogP contribution in [0.25, 0.3) is 0 Å². The van der Waals surface area contributed by atoms with Gasteiger partial charge in [-0.3, -0.25) is 9.89 Å². The van der Waals surface area contributed by atoms with Crippen molar-refractivity contribution < 1.29 is 27.9 Å². The van der Waals surface area contributed by atoms with Crippen molar-refractivity contribution in [2.75, 3.05) is 26.8 Å². The number of aromatic nitrogens is 2. The molecule has 1 rings (SSSR count). The minimum atomic E-state index is -4.16. The van der Waals surface area contributed by atoms with E-state index in [-0.39, 0.29) is 6.54 Å². The van der Waals surface area contributed by atoms with Gasteiger partial charge < -0.3 is 15.2 Å². The number of carboxylic acids is 1. The monoisotopic (exact) mass is 306 g/mol. The van der Waals surface area contributed by atoms with Crippen molar-refractivity contribution in [3.05, 3.63) is 11.8 Å². The van der Waals surface area contributed by atoms with Crippen molar-refractivity contribution in [3.63, 3.8) is 0 Å². The second-order valence-corrected chi connectivity index (χ2v) is 5.29. The maximum Gasteiger partial charge on any atom is 0.340 e. The van der Waals surface area contributed by atoms with Gasteiger partial charge in [0.05, 0.1) is 19.3 Å². The molecule has 0 saturated carbocycles. The SMILES string of the molecule is COCCNC(=O)CNS(=O)(=O)c1[nH]ncc1C(=O)O. The molecule has 0 aliphatic carbocycles. The lowest BCUT2D eigenvalue weighted by atomic mass is 10.4. The summed E-state index contributed by atoms with van der Waals surface area (Å²) in [5.41, 5.74) is -0.503. The van der Waals surface area contributed by atoms with E-state index in [2.05, 4.69) is 15.5 Å². The fourth-order valence-electron chi connectivity index (χ4n) is 1.22. The molecule has 0 bridgehead atoms. The second kappa shape index (κ2) is 6.98. The van der Waals surface area contributed by atoms with Crippen LogP contribution in [0.5, 0.6) is 0 Å². The summed E-state index contributed by atoms with van der Waals surface area (Å²) in [6.45, 7) is 0.00776. The number of amides is 1. The summed E-state index contributed by atoms with van der Waals surface area (Å²) < 4.78 is 30.3. The number of nitrogens with one attached hydrogen (secondary N) is 3. The lowest BCUT2D eigenvalue weighted by Gasteiger charge is -2.06. The fraction of sp³-hybridized carbons (Fsp3) is 0.444. The maximum atomic E-state index is 11.8. The van der Waals surface area contributed by atoms with Crippen LogP contribution in [-0.2, 0) is 19.6 Å². The van der Waals surface area contributed by atoms with Crippen LogP contribution in [0.2, 0.25) is 0 Å². The molecule has 112 valence electrons. The Balaban J connectivity index is 2.64. The zero-order valence-corrected chi connectivity index (χ0v) is 11.4. The summed E-state index contributed by atoms with van der Waals surface area (Å²) in [6, 6.07) is 0. The highest BCUT2D eigenvalue weighted by atomic mass is 32.2. The number of rotatable bonds is 8. The molecule has 0 unspecified atom stereocenters. The molecular weight excluding hydrogens is 292 g/mol. The zero-order valence-electron chi connectivity index (χ0n) is 10.5. The van der Waals surface area contributed by atoms with E-state index in [1.165, 1.54) is 7.11 Å². The van der Waals surface area contributed by atoms with E-state index in [4.69, 9.17) is 9.84 Å². The number of nitrogens with zero attached hydrogens (tertiary/aromatic N) is 1. The van der Waals surface area contributed by atoms with E-state index in [1.54, 1.807) is 0 Å². The third-order valence-electron chi connectivity index (χ3n) is 2.15. The van der Waals surface area contributed by atoms with Gasteiger partial charge in [0.1, 0.15) is 5.56 Å². The number of hydrogen-bond donors (Lipinski definition) is 4. The highest BCUT2D eigenvalue weighted by Gasteiger charge is 2.25. The van der Waals surface area contributed by atoms with Crippen molar-refractivity contribution in [3.8, 4) is 0 Å². The van der Waals surface area contributed by atoms with Crippen LogP contribution in [0.15, 0.2) is 11.2 Å². The van der Waals surface area contributed by atoms with Gasteiger partial charge >= 0.3 is 5.97 Å². The second-order valence-electron chi connectivity index (χ2n) is 3.59. The number of hydrogen-bond acceptors (Lipinski definition) is 6. The Bertz CT molecular complexity index is 581. The number of aromatic amines is 1. The number of methoxy groups -OCH3 is 1. The Labute approximate surface area is 114 Å². The highest BCUT2D eigenvalue weighted by Crippen LogP contribution is 2.10. The van der Waals surface area contributed by atoms with E-state index in [0.29, 0.717) is 6.61 Å². The maximum absolute atomic E-state index is 11.8. The van der Waals surface area contributed by atoms with E-state index in [9.17, 15) is 18.0 Å². The Hall–Kier alpha value is -1.98. The van der Waals surface area contributed by atoms with Crippen molar-refractivity contribution >= 4 is 21.9 Å². The summed E-state index contributed by atoms with van der Waals surface area (Å²) in [4.78, 5) is 22.1. The molecule has 1 heterocycles. The smallest absolute Gasteiger partial charge is 0.340 e. The van der Waals surface area contributed by atoms with Gasteiger partial charge in [-0.2, -0.15) is 5.10 Å². The lowest BCUT2D eigenvalue weighted by molar-refractivity contribution is -0.120. The molecule has 20 heavy (non-hydrogen) atoms. The molecule has 4 N–H and O–H groups in total. The first-order chi connectivity index (χ1) is 9.38. The van der Waals surface area contributed by atoms with Gasteiger partial charge in [0.2, 0.25) is 5.91 Å². The van der Waals surface area contributed by atoms with Crippen molar-refractivity contribution in [2.24, 2.45) is 0 Å². The van der Waals surface area contributed by atoms with E-state index in [0.717, 1.165) is 6.20 Å². The first kappa shape index (κ1) is 16.1. The molecule has 0 aliphatic rings. The van der Waals surface area contributed by atoms with Crippen molar-refractivity contribution in [2.45, 2.75) is 5.03 Å². The summed E-state index contributed by atoms with van der Waals surface area (Å²) in [5.74, 6) is -2.01. The number of carbonyl (C=O) groups is 2. The largest absolute Gasteiger partial charge is 0.478 e. The van der Waals surface area contributed by atoms with Crippen LogP contribution < -0.4 is 10.0 Å². The van der Waals surface area contributed by atoms with Crippen LogP contribution in [0.1, 0.15) is 10.4 Å². The number of carboxylic acid groups (broad SMARTS) is 1. The van der Waals surface area contributed by atoms with Gasteiger partial charge in [-0.05, 0) is 0 Å². The Morgan fingerprint density at radius 3 is 2.80 bits per heavy atom. The molecule has 0 aromatic carbocycles. The summed E-state index contributed by atoms with van der Waals surface area (Å²) >= 11 is 0. The number of H-pyrrole nitrogens is 1. The minimum absolute atomic E-state index is 0.238. The van der Waals surface area contributed by atoms with Gasteiger partial charge in [0, 0.05) is 13.7 Å². The number of ether oxygens (including phenoxy) is 1.